The fourth-order valence-electron chi connectivity index (χ4n) is 2.50. The van der Waals surface area contributed by atoms with Gasteiger partial charge in [0.1, 0.15) is 4.90 Å². The van der Waals surface area contributed by atoms with Gasteiger partial charge in [0.25, 0.3) is 0 Å². The van der Waals surface area contributed by atoms with Gasteiger partial charge in [-0.2, -0.15) is 4.31 Å². The van der Waals surface area contributed by atoms with Gasteiger partial charge in [-0.05, 0) is 29.8 Å². The first-order valence-corrected chi connectivity index (χ1v) is 10.3. The summed E-state index contributed by atoms with van der Waals surface area (Å²) in [6.45, 7) is 4.17. The third kappa shape index (κ3) is 4.76. The summed E-state index contributed by atoms with van der Waals surface area (Å²) in [7, 11) is -3.73. The first-order chi connectivity index (χ1) is 12.3. The van der Waals surface area contributed by atoms with Gasteiger partial charge < -0.3 is 5.32 Å². The van der Waals surface area contributed by atoms with Crippen LogP contribution in [0.3, 0.4) is 0 Å². The maximum absolute atomic E-state index is 12.7. The first-order valence-electron chi connectivity index (χ1n) is 8.12. The molecule has 140 valence electrons. The van der Waals surface area contributed by atoms with Crippen molar-refractivity contribution >= 4 is 44.8 Å². The van der Waals surface area contributed by atoms with Crippen LogP contribution in [0, 0.1) is 0 Å². The Morgan fingerprint density at radius 2 is 1.69 bits per heavy atom. The Morgan fingerprint density at radius 1 is 1.04 bits per heavy atom. The molecule has 2 aromatic carbocycles. The van der Waals surface area contributed by atoms with Crippen molar-refractivity contribution < 1.29 is 13.2 Å². The molecule has 0 heterocycles. The molecule has 2 aromatic rings. The average Bonchev–Trinajstić information content (AvgIpc) is 2.59. The van der Waals surface area contributed by atoms with Crippen molar-refractivity contribution in [2.24, 2.45) is 0 Å². The normalized spacial score (nSPS) is 11.6. The molecule has 0 bridgehead atoms. The lowest BCUT2D eigenvalue weighted by atomic mass is 10.1. The third-order valence-corrected chi connectivity index (χ3v) is 6.75. The van der Waals surface area contributed by atoms with Crippen LogP contribution in [0.1, 0.15) is 19.4 Å². The summed E-state index contributed by atoms with van der Waals surface area (Å²) in [6, 6.07) is 11.5. The van der Waals surface area contributed by atoms with E-state index < -0.39 is 10.0 Å². The molecule has 0 unspecified atom stereocenters. The molecule has 0 aliphatic carbocycles. The molecule has 0 atom stereocenters. The monoisotopic (exact) mass is 414 g/mol. The molecule has 0 saturated heterocycles. The van der Waals surface area contributed by atoms with E-state index in [-0.39, 0.29) is 22.2 Å². The maximum atomic E-state index is 12.7. The van der Waals surface area contributed by atoms with Gasteiger partial charge in [0.05, 0.1) is 11.4 Å². The van der Waals surface area contributed by atoms with Crippen molar-refractivity contribution in [1.82, 2.24) is 4.31 Å². The average molecular weight is 415 g/mol. The number of halogens is 2. The lowest BCUT2D eigenvalue weighted by Gasteiger charge is -2.19. The quantitative estimate of drug-likeness (QED) is 0.737. The van der Waals surface area contributed by atoms with E-state index in [4.69, 9.17) is 23.2 Å². The second-order valence-corrected chi connectivity index (χ2v) is 8.27. The number of amides is 1. The number of benzene rings is 2. The third-order valence-electron chi connectivity index (χ3n) is 3.85. The molecular weight excluding hydrogens is 395 g/mol. The van der Waals surface area contributed by atoms with E-state index in [1.807, 2.05) is 0 Å². The topological polar surface area (TPSA) is 66.5 Å². The van der Waals surface area contributed by atoms with Crippen molar-refractivity contribution in [3.8, 4) is 0 Å². The summed E-state index contributed by atoms with van der Waals surface area (Å²) < 4.78 is 26.7. The van der Waals surface area contributed by atoms with Gasteiger partial charge >= 0.3 is 0 Å². The molecule has 0 aliphatic heterocycles. The number of rotatable bonds is 7. The summed E-state index contributed by atoms with van der Waals surface area (Å²) >= 11 is 12.2. The number of nitrogens with zero attached hydrogens (tertiary/aromatic N) is 1. The number of anilines is 1. The highest BCUT2D eigenvalue weighted by Gasteiger charge is 2.25. The van der Waals surface area contributed by atoms with Gasteiger partial charge in [-0.15, -0.1) is 0 Å². The zero-order valence-electron chi connectivity index (χ0n) is 14.5. The zero-order chi connectivity index (χ0) is 19.3. The second-order valence-electron chi connectivity index (χ2n) is 5.55. The van der Waals surface area contributed by atoms with E-state index in [0.29, 0.717) is 29.4 Å². The second kappa shape index (κ2) is 8.86. The van der Waals surface area contributed by atoms with E-state index >= 15 is 0 Å². The summed E-state index contributed by atoms with van der Waals surface area (Å²) in [5.41, 5.74) is 1.05. The highest BCUT2D eigenvalue weighted by Crippen LogP contribution is 2.28. The highest BCUT2D eigenvalue weighted by molar-refractivity contribution is 7.89. The van der Waals surface area contributed by atoms with Crippen LogP contribution in [0.15, 0.2) is 47.4 Å². The first kappa shape index (κ1) is 20.7. The van der Waals surface area contributed by atoms with E-state index in [0.717, 1.165) is 0 Å². The maximum Gasteiger partial charge on any atom is 0.244 e. The predicted molar refractivity (Wildman–Crippen MR) is 105 cm³/mol. The molecular formula is C18H20Cl2N2O3S. The van der Waals surface area contributed by atoms with Gasteiger partial charge in [-0.1, -0.05) is 55.2 Å². The summed E-state index contributed by atoms with van der Waals surface area (Å²) in [5.74, 6) is -0.299. The molecule has 0 saturated carbocycles. The Bertz CT molecular complexity index is 897. The van der Waals surface area contributed by atoms with Gasteiger partial charge in [0.15, 0.2) is 0 Å². The van der Waals surface area contributed by atoms with Crippen molar-refractivity contribution in [2.75, 3.05) is 18.4 Å². The van der Waals surface area contributed by atoms with Crippen molar-refractivity contribution in [3.05, 3.63) is 58.1 Å². The Kier molecular flexibility index (Phi) is 7.06. The van der Waals surface area contributed by atoms with Crippen LogP contribution in [0.2, 0.25) is 10.0 Å². The van der Waals surface area contributed by atoms with Gasteiger partial charge in [-0.3, -0.25) is 4.79 Å². The molecule has 0 aliphatic rings. The fourth-order valence-corrected chi connectivity index (χ4v) is 4.66. The summed E-state index contributed by atoms with van der Waals surface area (Å²) in [6.07, 6.45) is 0.0838. The van der Waals surface area contributed by atoms with Gasteiger partial charge in [-0.25, -0.2) is 8.42 Å². The standard InChI is InChI=1S/C18H20Cl2N2O3S/c1-3-22(4-2)26(24,25)17-12-14(9-10-16(17)20)21-18(23)11-13-7-5-6-8-15(13)19/h5-10,12H,3-4,11H2,1-2H3,(H,21,23). The van der Waals surface area contributed by atoms with E-state index in [2.05, 4.69) is 5.32 Å². The lowest BCUT2D eigenvalue weighted by molar-refractivity contribution is -0.115. The number of sulfonamides is 1. The minimum atomic E-state index is -3.73. The largest absolute Gasteiger partial charge is 0.326 e. The van der Waals surface area contributed by atoms with Crippen molar-refractivity contribution in [3.63, 3.8) is 0 Å². The van der Waals surface area contributed by atoms with Crippen LogP contribution in [-0.2, 0) is 21.2 Å². The molecule has 5 nitrogen and oxygen atoms in total. The van der Waals surface area contributed by atoms with Crippen molar-refractivity contribution in [2.45, 2.75) is 25.2 Å². The Balaban J connectivity index is 2.24. The number of nitrogens with one attached hydrogen (secondary N) is 1. The molecule has 0 spiro atoms. The minimum absolute atomic E-state index is 0.0292. The lowest BCUT2D eigenvalue weighted by Crippen LogP contribution is -2.30. The zero-order valence-corrected chi connectivity index (χ0v) is 16.8. The van der Waals surface area contributed by atoms with Crippen LogP contribution < -0.4 is 5.32 Å². The molecule has 0 aromatic heterocycles. The number of hydrogen-bond donors (Lipinski definition) is 1. The van der Waals surface area contributed by atoms with Crippen LogP contribution in [0.5, 0.6) is 0 Å². The van der Waals surface area contributed by atoms with E-state index in [1.54, 1.807) is 44.2 Å². The van der Waals surface area contributed by atoms with E-state index in [1.165, 1.54) is 16.4 Å². The minimum Gasteiger partial charge on any atom is -0.326 e. The number of carbonyl (C=O) groups is 1. The molecule has 0 radical (unpaired) electrons. The predicted octanol–water partition coefficient (Wildman–Crippen LogP) is 4.21. The van der Waals surface area contributed by atoms with Crippen molar-refractivity contribution in [1.29, 1.82) is 0 Å². The fraction of sp³-hybridized carbons (Fsp3) is 0.278. The van der Waals surface area contributed by atoms with Crippen LogP contribution in [0.4, 0.5) is 5.69 Å². The molecule has 1 N–H and O–H groups in total. The van der Waals surface area contributed by atoms with Gasteiger partial charge in [0, 0.05) is 23.8 Å². The summed E-state index contributed by atoms with van der Waals surface area (Å²) in [4.78, 5) is 12.2. The highest BCUT2D eigenvalue weighted by atomic mass is 35.5. The molecule has 0 fully saturated rings. The smallest absolute Gasteiger partial charge is 0.244 e. The Labute approximate surface area is 164 Å². The van der Waals surface area contributed by atoms with Crippen LogP contribution in [-0.4, -0.2) is 31.7 Å². The number of carbonyl (C=O) groups excluding carboxylic acids is 1. The molecule has 2 rings (SSSR count). The van der Waals surface area contributed by atoms with Crippen LogP contribution >= 0.6 is 23.2 Å². The van der Waals surface area contributed by atoms with Crippen LogP contribution in [0.25, 0.3) is 0 Å². The molecule has 26 heavy (non-hydrogen) atoms. The van der Waals surface area contributed by atoms with E-state index in [9.17, 15) is 13.2 Å². The molecule has 1 amide bonds. The molecule has 8 heteroatoms. The Morgan fingerprint density at radius 3 is 2.31 bits per heavy atom. The Hall–Kier alpha value is -1.60. The summed E-state index contributed by atoms with van der Waals surface area (Å²) in [5, 5.41) is 3.31. The SMILES string of the molecule is CCN(CC)S(=O)(=O)c1cc(NC(=O)Cc2ccccc2Cl)ccc1Cl. The van der Waals surface area contributed by atoms with Gasteiger partial charge in [0.2, 0.25) is 15.9 Å². The number of hydrogen-bond acceptors (Lipinski definition) is 3.